The van der Waals surface area contributed by atoms with Gasteiger partial charge in [0.2, 0.25) is 0 Å². The van der Waals surface area contributed by atoms with E-state index >= 15 is 0 Å². The van der Waals surface area contributed by atoms with Crippen molar-refractivity contribution >= 4 is 0 Å². The van der Waals surface area contributed by atoms with E-state index in [0.29, 0.717) is 18.3 Å². The maximum atomic E-state index is 13.7. The Kier molecular flexibility index (Phi) is 5.42. The molecule has 0 heterocycles. The van der Waals surface area contributed by atoms with Gasteiger partial charge in [0.25, 0.3) is 0 Å². The first-order valence-corrected chi connectivity index (χ1v) is 6.20. The fraction of sp³-hybridized carbons (Fsp3) is 0.571. The van der Waals surface area contributed by atoms with Gasteiger partial charge in [-0.25, -0.2) is 4.39 Å². The lowest BCUT2D eigenvalue weighted by Crippen LogP contribution is -2.19. The molecule has 0 bridgehead atoms. The van der Waals surface area contributed by atoms with Crippen LogP contribution in [0, 0.1) is 11.7 Å². The van der Waals surface area contributed by atoms with Gasteiger partial charge in [-0.3, -0.25) is 0 Å². The van der Waals surface area contributed by atoms with E-state index in [1.54, 1.807) is 6.07 Å². The van der Waals surface area contributed by atoms with Gasteiger partial charge in [0.1, 0.15) is 0 Å². The summed E-state index contributed by atoms with van der Waals surface area (Å²) in [5.74, 6) is 0.486. The summed E-state index contributed by atoms with van der Waals surface area (Å²) in [5, 5.41) is 3.27. The first-order valence-electron chi connectivity index (χ1n) is 6.20. The average Bonchev–Trinajstić information content (AvgIpc) is 2.27. The predicted molar refractivity (Wildman–Crippen MR) is 68.8 cm³/mol. The van der Waals surface area contributed by atoms with E-state index in [1.807, 2.05) is 33.8 Å². The van der Waals surface area contributed by atoms with Crippen LogP contribution in [0.4, 0.5) is 4.39 Å². The number of hydrogen-bond acceptors (Lipinski definition) is 2. The first kappa shape index (κ1) is 14.0. The van der Waals surface area contributed by atoms with Crippen LogP contribution in [0.25, 0.3) is 0 Å². The molecule has 1 rings (SSSR count). The summed E-state index contributed by atoms with van der Waals surface area (Å²) in [6.07, 6.45) is 0. The van der Waals surface area contributed by atoms with Crippen LogP contribution in [0.2, 0.25) is 0 Å². The Morgan fingerprint density at radius 1 is 1.29 bits per heavy atom. The molecule has 0 fully saturated rings. The molecule has 1 unspecified atom stereocenters. The molecule has 0 aliphatic heterocycles. The van der Waals surface area contributed by atoms with Gasteiger partial charge in [-0.2, -0.15) is 0 Å². The van der Waals surface area contributed by atoms with E-state index in [-0.39, 0.29) is 11.9 Å². The van der Waals surface area contributed by atoms with Crippen LogP contribution < -0.4 is 10.1 Å². The first-order chi connectivity index (χ1) is 8.06. The topological polar surface area (TPSA) is 21.3 Å². The third-order valence-electron chi connectivity index (χ3n) is 2.54. The second-order valence-electron chi connectivity index (χ2n) is 4.64. The van der Waals surface area contributed by atoms with Crippen LogP contribution in [-0.4, -0.2) is 13.2 Å². The largest absolute Gasteiger partial charge is 0.490 e. The van der Waals surface area contributed by atoms with Crippen molar-refractivity contribution < 1.29 is 9.13 Å². The second kappa shape index (κ2) is 6.60. The molecule has 0 aliphatic rings. The zero-order valence-corrected chi connectivity index (χ0v) is 11.1. The SMILES string of the molecule is CCNC(C)c1cccc(F)c1OCC(C)C. The van der Waals surface area contributed by atoms with Gasteiger partial charge in [-0.15, -0.1) is 0 Å². The van der Waals surface area contributed by atoms with Crippen LogP contribution in [0.5, 0.6) is 5.75 Å². The number of hydrogen-bond donors (Lipinski definition) is 1. The van der Waals surface area contributed by atoms with Crippen LogP contribution >= 0.6 is 0 Å². The van der Waals surface area contributed by atoms with Gasteiger partial charge in [0.05, 0.1) is 6.61 Å². The molecule has 0 aromatic heterocycles. The number of nitrogens with one attached hydrogen (secondary N) is 1. The second-order valence-corrected chi connectivity index (χ2v) is 4.64. The highest BCUT2D eigenvalue weighted by molar-refractivity contribution is 5.37. The summed E-state index contributed by atoms with van der Waals surface area (Å²) in [5.41, 5.74) is 0.882. The molecule has 96 valence electrons. The van der Waals surface area contributed by atoms with Crippen molar-refractivity contribution in [2.45, 2.75) is 33.7 Å². The Morgan fingerprint density at radius 2 is 2.00 bits per heavy atom. The lowest BCUT2D eigenvalue weighted by molar-refractivity contribution is 0.254. The fourth-order valence-corrected chi connectivity index (χ4v) is 1.68. The smallest absolute Gasteiger partial charge is 0.165 e. The molecule has 0 radical (unpaired) electrons. The normalized spacial score (nSPS) is 12.8. The molecule has 0 saturated heterocycles. The van der Waals surface area contributed by atoms with Crippen LogP contribution in [0.15, 0.2) is 18.2 Å². The van der Waals surface area contributed by atoms with Crippen molar-refractivity contribution in [3.05, 3.63) is 29.6 Å². The van der Waals surface area contributed by atoms with E-state index in [1.165, 1.54) is 6.07 Å². The standard InChI is InChI=1S/C14H22FNO/c1-5-16-11(4)12-7-6-8-13(15)14(12)17-9-10(2)3/h6-8,10-11,16H,5,9H2,1-4H3. The Morgan fingerprint density at radius 3 is 2.59 bits per heavy atom. The number of para-hydroxylation sites is 1. The number of halogens is 1. The molecule has 3 heteroatoms. The summed E-state index contributed by atoms with van der Waals surface area (Å²) in [6, 6.07) is 5.17. The van der Waals surface area contributed by atoms with E-state index in [4.69, 9.17) is 4.74 Å². The summed E-state index contributed by atoms with van der Waals surface area (Å²) < 4.78 is 19.3. The fourth-order valence-electron chi connectivity index (χ4n) is 1.68. The molecule has 17 heavy (non-hydrogen) atoms. The van der Waals surface area contributed by atoms with E-state index in [0.717, 1.165) is 12.1 Å². The number of ether oxygens (including phenoxy) is 1. The number of benzene rings is 1. The quantitative estimate of drug-likeness (QED) is 0.820. The molecule has 1 atom stereocenters. The molecule has 2 nitrogen and oxygen atoms in total. The maximum absolute atomic E-state index is 13.7. The van der Waals surface area contributed by atoms with Gasteiger partial charge in [-0.1, -0.05) is 32.9 Å². The van der Waals surface area contributed by atoms with Crippen molar-refractivity contribution in [2.24, 2.45) is 5.92 Å². The van der Waals surface area contributed by atoms with Crippen molar-refractivity contribution in [1.29, 1.82) is 0 Å². The average molecular weight is 239 g/mol. The van der Waals surface area contributed by atoms with Crippen LogP contribution in [-0.2, 0) is 0 Å². The van der Waals surface area contributed by atoms with Crippen molar-refractivity contribution in [1.82, 2.24) is 5.32 Å². The molecule has 0 spiro atoms. The lowest BCUT2D eigenvalue weighted by atomic mass is 10.1. The Hall–Kier alpha value is -1.09. The van der Waals surface area contributed by atoms with E-state index < -0.39 is 0 Å². The molecule has 0 amide bonds. The summed E-state index contributed by atoms with van der Waals surface area (Å²) in [6.45, 7) is 9.53. The zero-order chi connectivity index (χ0) is 12.8. The maximum Gasteiger partial charge on any atom is 0.165 e. The molecule has 1 N–H and O–H groups in total. The van der Waals surface area contributed by atoms with Gasteiger partial charge in [0, 0.05) is 11.6 Å². The summed E-state index contributed by atoms with van der Waals surface area (Å²) in [7, 11) is 0. The molecular weight excluding hydrogens is 217 g/mol. The van der Waals surface area contributed by atoms with Crippen molar-refractivity contribution in [3.63, 3.8) is 0 Å². The highest BCUT2D eigenvalue weighted by Crippen LogP contribution is 2.28. The molecule has 1 aromatic carbocycles. The van der Waals surface area contributed by atoms with Crippen molar-refractivity contribution in [2.75, 3.05) is 13.2 Å². The van der Waals surface area contributed by atoms with E-state index in [2.05, 4.69) is 5.32 Å². The van der Waals surface area contributed by atoms with Gasteiger partial charge >= 0.3 is 0 Å². The van der Waals surface area contributed by atoms with Gasteiger partial charge < -0.3 is 10.1 Å². The van der Waals surface area contributed by atoms with Crippen LogP contribution in [0.3, 0.4) is 0 Å². The lowest BCUT2D eigenvalue weighted by Gasteiger charge is -2.19. The minimum atomic E-state index is -0.284. The van der Waals surface area contributed by atoms with Crippen molar-refractivity contribution in [3.8, 4) is 5.75 Å². The summed E-state index contributed by atoms with van der Waals surface area (Å²) >= 11 is 0. The zero-order valence-electron chi connectivity index (χ0n) is 11.1. The number of rotatable bonds is 6. The third-order valence-corrected chi connectivity index (χ3v) is 2.54. The monoisotopic (exact) mass is 239 g/mol. The van der Waals surface area contributed by atoms with Crippen LogP contribution in [0.1, 0.15) is 39.3 Å². The Labute approximate surface area is 103 Å². The molecule has 0 saturated carbocycles. The van der Waals surface area contributed by atoms with Gasteiger partial charge in [0.15, 0.2) is 11.6 Å². The molecular formula is C14H22FNO. The molecule has 0 aliphatic carbocycles. The highest BCUT2D eigenvalue weighted by atomic mass is 19.1. The third kappa shape index (κ3) is 4.00. The predicted octanol–water partition coefficient (Wildman–Crippen LogP) is 3.53. The minimum absolute atomic E-state index is 0.0952. The molecule has 1 aromatic rings. The highest BCUT2D eigenvalue weighted by Gasteiger charge is 2.15. The van der Waals surface area contributed by atoms with E-state index in [9.17, 15) is 4.39 Å². The Bertz CT molecular complexity index is 352. The minimum Gasteiger partial charge on any atom is -0.490 e. The Balaban J connectivity index is 2.91. The van der Waals surface area contributed by atoms with Gasteiger partial charge in [-0.05, 0) is 25.5 Å². The summed E-state index contributed by atoms with van der Waals surface area (Å²) in [4.78, 5) is 0.